The molecule has 0 bridgehead atoms. The Hall–Kier alpha value is -2.11. The summed E-state index contributed by atoms with van der Waals surface area (Å²) in [6.45, 7) is 3.25. The summed E-state index contributed by atoms with van der Waals surface area (Å²) in [5, 5.41) is 3.62. The van der Waals surface area contributed by atoms with Gasteiger partial charge in [-0.25, -0.2) is 4.98 Å². The summed E-state index contributed by atoms with van der Waals surface area (Å²) in [5.74, 6) is 0.582. The maximum Gasteiger partial charge on any atom is 0.255 e. The van der Waals surface area contributed by atoms with E-state index in [1.54, 1.807) is 18.3 Å². The fourth-order valence-electron chi connectivity index (χ4n) is 2.48. The van der Waals surface area contributed by atoms with Crippen LogP contribution in [0.2, 0.25) is 5.02 Å². The molecule has 1 N–H and O–H groups in total. The molecule has 0 radical (unpaired) electrons. The number of ether oxygens (including phenoxy) is 1. The lowest BCUT2D eigenvalue weighted by atomic mass is 10.2. The van der Waals surface area contributed by atoms with Gasteiger partial charge in [0.25, 0.3) is 5.91 Å². The Kier molecular flexibility index (Phi) is 5.10. The molecule has 3 rings (SSSR count). The molecule has 2 heterocycles. The number of halogens is 1. The van der Waals surface area contributed by atoms with Crippen LogP contribution in [0.4, 0.5) is 5.82 Å². The Morgan fingerprint density at radius 2 is 1.96 bits per heavy atom. The second-order valence-corrected chi connectivity index (χ2v) is 5.72. The first-order valence-corrected chi connectivity index (χ1v) is 7.92. The molecule has 2 aromatic rings. The average Bonchev–Trinajstić information content (AvgIpc) is 2.62. The third kappa shape index (κ3) is 4.00. The van der Waals surface area contributed by atoms with Crippen LogP contribution < -0.4 is 10.2 Å². The highest BCUT2D eigenvalue weighted by atomic mass is 35.5. The van der Waals surface area contributed by atoms with Crippen molar-refractivity contribution < 1.29 is 9.53 Å². The van der Waals surface area contributed by atoms with E-state index < -0.39 is 0 Å². The molecular formula is C17H18ClN3O2. The van der Waals surface area contributed by atoms with Crippen LogP contribution in [-0.4, -0.2) is 37.2 Å². The molecule has 1 saturated heterocycles. The minimum Gasteiger partial charge on any atom is -0.378 e. The fraction of sp³-hybridized carbons (Fsp3) is 0.294. The molecule has 1 aromatic heterocycles. The normalized spacial score (nSPS) is 14.6. The first-order valence-electron chi connectivity index (χ1n) is 7.54. The van der Waals surface area contributed by atoms with Crippen molar-refractivity contribution in [3.05, 3.63) is 58.7 Å². The first-order chi connectivity index (χ1) is 11.2. The summed E-state index contributed by atoms with van der Waals surface area (Å²) in [6, 6.07) is 11.0. The number of hydrogen-bond acceptors (Lipinski definition) is 4. The lowest BCUT2D eigenvalue weighted by molar-refractivity contribution is 0.0949. The topological polar surface area (TPSA) is 54.5 Å². The van der Waals surface area contributed by atoms with Crippen molar-refractivity contribution in [3.8, 4) is 0 Å². The number of morpholine rings is 1. The minimum atomic E-state index is -0.130. The molecule has 6 heteroatoms. The standard InChI is InChI=1S/C17H18ClN3O2/c18-14-5-3-13(4-6-14)12-20-17(22)15-2-1-7-19-16(15)21-8-10-23-11-9-21/h1-7H,8-12H2,(H,20,22). The third-order valence-electron chi connectivity index (χ3n) is 3.71. The Labute approximate surface area is 140 Å². The molecule has 1 aromatic carbocycles. The number of aromatic nitrogens is 1. The van der Waals surface area contributed by atoms with E-state index in [1.165, 1.54) is 0 Å². The van der Waals surface area contributed by atoms with Gasteiger partial charge in [0.15, 0.2) is 0 Å². The Morgan fingerprint density at radius 3 is 2.70 bits per heavy atom. The number of hydrogen-bond donors (Lipinski definition) is 1. The smallest absolute Gasteiger partial charge is 0.255 e. The SMILES string of the molecule is O=C(NCc1ccc(Cl)cc1)c1cccnc1N1CCOCC1. The van der Waals surface area contributed by atoms with Gasteiger partial charge in [-0.1, -0.05) is 23.7 Å². The van der Waals surface area contributed by atoms with Gasteiger partial charge in [0.05, 0.1) is 18.8 Å². The quantitative estimate of drug-likeness (QED) is 0.935. The summed E-state index contributed by atoms with van der Waals surface area (Å²) in [7, 11) is 0. The molecule has 1 amide bonds. The Morgan fingerprint density at radius 1 is 1.22 bits per heavy atom. The van der Waals surface area contributed by atoms with Crippen LogP contribution in [-0.2, 0) is 11.3 Å². The third-order valence-corrected chi connectivity index (χ3v) is 3.96. The Balaban J connectivity index is 1.70. The number of nitrogens with zero attached hydrogens (tertiary/aromatic N) is 2. The van der Waals surface area contributed by atoms with Crippen molar-refractivity contribution in [3.63, 3.8) is 0 Å². The molecule has 120 valence electrons. The van der Waals surface area contributed by atoms with Gasteiger partial charge in [0, 0.05) is 30.9 Å². The molecule has 0 spiro atoms. The number of pyridine rings is 1. The molecule has 1 aliphatic heterocycles. The largest absolute Gasteiger partial charge is 0.378 e. The number of benzene rings is 1. The zero-order valence-electron chi connectivity index (χ0n) is 12.7. The molecule has 0 saturated carbocycles. The van der Waals surface area contributed by atoms with Crippen LogP contribution in [0.15, 0.2) is 42.6 Å². The van der Waals surface area contributed by atoms with E-state index in [9.17, 15) is 4.79 Å². The van der Waals surface area contributed by atoms with E-state index in [-0.39, 0.29) is 5.91 Å². The van der Waals surface area contributed by atoms with Gasteiger partial charge >= 0.3 is 0 Å². The maximum absolute atomic E-state index is 12.5. The molecule has 23 heavy (non-hydrogen) atoms. The van der Waals surface area contributed by atoms with Gasteiger partial charge in [0.2, 0.25) is 0 Å². The highest BCUT2D eigenvalue weighted by Crippen LogP contribution is 2.18. The van der Waals surface area contributed by atoms with Gasteiger partial charge in [-0.3, -0.25) is 4.79 Å². The van der Waals surface area contributed by atoms with Gasteiger partial charge in [0.1, 0.15) is 5.82 Å². The second-order valence-electron chi connectivity index (χ2n) is 5.28. The average molecular weight is 332 g/mol. The predicted octanol–water partition coefficient (Wildman–Crippen LogP) is 2.50. The molecule has 0 unspecified atom stereocenters. The van der Waals surface area contributed by atoms with Crippen molar-refractivity contribution >= 4 is 23.3 Å². The van der Waals surface area contributed by atoms with Gasteiger partial charge in [-0.05, 0) is 29.8 Å². The summed E-state index contributed by atoms with van der Waals surface area (Å²) in [6.07, 6.45) is 1.71. The number of carbonyl (C=O) groups is 1. The summed E-state index contributed by atoms with van der Waals surface area (Å²) >= 11 is 5.87. The number of anilines is 1. The Bertz CT molecular complexity index is 670. The monoisotopic (exact) mass is 331 g/mol. The predicted molar refractivity (Wildman–Crippen MR) is 89.9 cm³/mol. The maximum atomic E-state index is 12.5. The second kappa shape index (κ2) is 7.44. The lowest BCUT2D eigenvalue weighted by Crippen LogP contribution is -2.38. The molecule has 0 atom stereocenters. The number of carbonyl (C=O) groups excluding carboxylic acids is 1. The number of amides is 1. The van der Waals surface area contributed by atoms with Crippen molar-refractivity contribution in [2.45, 2.75) is 6.54 Å². The highest BCUT2D eigenvalue weighted by molar-refractivity contribution is 6.30. The van der Waals surface area contributed by atoms with Gasteiger partial charge in [-0.2, -0.15) is 0 Å². The summed E-state index contributed by atoms with van der Waals surface area (Å²) in [5.41, 5.74) is 1.59. The number of nitrogens with one attached hydrogen (secondary N) is 1. The van der Waals surface area contributed by atoms with Crippen molar-refractivity contribution in [1.29, 1.82) is 0 Å². The van der Waals surface area contributed by atoms with Crippen LogP contribution >= 0.6 is 11.6 Å². The van der Waals surface area contributed by atoms with E-state index >= 15 is 0 Å². The van der Waals surface area contributed by atoms with E-state index in [1.807, 2.05) is 24.3 Å². The lowest BCUT2D eigenvalue weighted by Gasteiger charge is -2.29. The van der Waals surface area contributed by atoms with Crippen LogP contribution in [0, 0.1) is 0 Å². The molecular weight excluding hydrogens is 314 g/mol. The van der Waals surface area contributed by atoms with Crippen LogP contribution in [0.3, 0.4) is 0 Å². The minimum absolute atomic E-state index is 0.130. The van der Waals surface area contributed by atoms with Crippen molar-refractivity contribution in [2.75, 3.05) is 31.2 Å². The molecule has 5 nitrogen and oxygen atoms in total. The van der Waals surface area contributed by atoms with Gasteiger partial charge in [-0.15, -0.1) is 0 Å². The highest BCUT2D eigenvalue weighted by Gasteiger charge is 2.19. The van der Waals surface area contributed by atoms with Crippen molar-refractivity contribution in [1.82, 2.24) is 10.3 Å². The zero-order valence-corrected chi connectivity index (χ0v) is 13.4. The van der Waals surface area contributed by atoms with E-state index in [4.69, 9.17) is 16.3 Å². The zero-order chi connectivity index (χ0) is 16.1. The van der Waals surface area contributed by atoms with Crippen LogP contribution in [0.1, 0.15) is 15.9 Å². The molecule has 0 aliphatic carbocycles. The summed E-state index contributed by atoms with van der Waals surface area (Å²) in [4.78, 5) is 19.0. The van der Waals surface area contributed by atoms with Crippen molar-refractivity contribution in [2.24, 2.45) is 0 Å². The molecule has 1 fully saturated rings. The fourth-order valence-corrected chi connectivity index (χ4v) is 2.61. The van der Waals surface area contributed by atoms with Gasteiger partial charge < -0.3 is 15.0 Å². The molecule has 1 aliphatic rings. The van der Waals surface area contributed by atoms with Crippen LogP contribution in [0.25, 0.3) is 0 Å². The summed E-state index contributed by atoms with van der Waals surface area (Å²) < 4.78 is 5.36. The number of rotatable bonds is 4. The van der Waals surface area contributed by atoms with E-state index in [0.717, 1.165) is 18.7 Å². The first kappa shape index (κ1) is 15.8. The van der Waals surface area contributed by atoms with E-state index in [2.05, 4.69) is 15.2 Å². The van der Waals surface area contributed by atoms with Crippen LogP contribution in [0.5, 0.6) is 0 Å². The van der Waals surface area contributed by atoms with E-state index in [0.29, 0.717) is 36.2 Å².